The average molecular weight is 140 g/mol. The van der Waals surface area contributed by atoms with Crippen molar-refractivity contribution < 1.29 is 66.1 Å². The molecule has 0 unspecified atom stereocenters. The molecule has 0 rings (SSSR count). The zero-order valence-electron chi connectivity index (χ0n) is 4.93. The Balaban J connectivity index is 0. The molecule has 0 aliphatic carbocycles. The Morgan fingerprint density at radius 3 is 1.88 bits per heavy atom. The molecule has 8 heavy (non-hydrogen) atoms. The van der Waals surface area contributed by atoms with Gasteiger partial charge in [-0.1, -0.05) is 6.61 Å². The maximum atomic E-state index is 9.85. The van der Waals surface area contributed by atoms with Gasteiger partial charge in [0.05, 0.1) is 0 Å². The van der Waals surface area contributed by atoms with Gasteiger partial charge in [0.2, 0.25) is 0 Å². The zero-order valence-corrected chi connectivity index (χ0v) is 8.05. The first-order valence-electron chi connectivity index (χ1n) is 1.80. The average Bonchev–Trinajstić information content (AvgIpc) is 1.65. The fourth-order valence-electron chi connectivity index (χ4n) is 0.102. The molecular weight excluding hydrogens is 135 g/mol. The van der Waals surface area contributed by atoms with Crippen LogP contribution in [0.2, 0.25) is 0 Å². The number of hydrogen-bond acceptors (Lipinski definition) is 3. The minimum absolute atomic E-state index is 0. The molecule has 0 bridgehead atoms. The Hall–Kier alpha value is 0.936. The Bertz CT molecular complexity index is 99.5. The van der Waals surface area contributed by atoms with E-state index in [1.54, 1.807) is 0 Å². The fraction of sp³-hybridized carbons (Fsp3) is 0.500. The summed E-state index contributed by atoms with van der Waals surface area (Å²) in [4.78, 5) is 19.7. The van der Waals surface area contributed by atoms with Crippen LogP contribution in [-0.4, -0.2) is 18.2 Å². The van der Waals surface area contributed by atoms with E-state index < -0.39 is 18.2 Å². The van der Waals surface area contributed by atoms with Crippen molar-refractivity contribution in [2.45, 2.75) is 6.92 Å². The molecule has 0 aliphatic heterocycles. The summed E-state index contributed by atoms with van der Waals surface area (Å²) in [6, 6.07) is 0. The van der Waals surface area contributed by atoms with Crippen molar-refractivity contribution >= 4 is 11.6 Å². The van der Waals surface area contributed by atoms with E-state index in [1.807, 2.05) is 0 Å². The molecule has 3 nitrogen and oxygen atoms in total. The summed E-state index contributed by atoms with van der Waals surface area (Å²) in [6.07, 6.45) is 0. The van der Waals surface area contributed by atoms with Gasteiger partial charge in [-0.15, -0.1) is 0 Å². The Morgan fingerprint density at radius 1 is 1.50 bits per heavy atom. The minimum Gasteiger partial charge on any atom is -0.849 e. The molecule has 4 heteroatoms. The molecule has 0 spiro atoms. The number of ketones is 2. The molecule has 0 aromatic heterocycles. The summed E-state index contributed by atoms with van der Waals surface area (Å²) >= 11 is 0. The fourth-order valence-corrected chi connectivity index (χ4v) is 0.102. The van der Waals surface area contributed by atoms with Crippen molar-refractivity contribution in [3.63, 3.8) is 0 Å². The molecule has 0 N–H and O–H groups in total. The second kappa shape index (κ2) is 6.06. The second-order valence-electron chi connectivity index (χ2n) is 1.12. The minimum atomic E-state index is -0.921. The predicted molar refractivity (Wildman–Crippen MR) is 20.6 cm³/mol. The van der Waals surface area contributed by atoms with Crippen molar-refractivity contribution in [3.8, 4) is 0 Å². The van der Waals surface area contributed by atoms with Crippen LogP contribution in [0.5, 0.6) is 0 Å². The summed E-state index contributed by atoms with van der Waals surface area (Å²) in [5.41, 5.74) is 0. The van der Waals surface area contributed by atoms with Crippen LogP contribution >= 0.6 is 0 Å². The van der Waals surface area contributed by atoms with Crippen molar-refractivity contribution in [3.05, 3.63) is 0 Å². The first-order valence-corrected chi connectivity index (χ1v) is 1.80. The normalized spacial score (nSPS) is 7.25. The standard InChI is InChI=1S/C4H5O3.K/c1-3(6)4(7)2-5;/h2H2,1H3;/q-1;+1. The third kappa shape index (κ3) is 5.08. The van der Waals surface area contributed by atoms with Crippen LogP contribution in [-0.2, 0) is 9.59 Å². The van der Waals surface area contributed by atoms with E-state index >= 15 is 0 Å². The Labute approximate surface area is 89.9 Å². The first kappa shape index (κ1) is 11.7. The van der Waals surface area contributed by atoms with Gasteiger partial charge in [0, 0.05) is 6.92 Å². The third-order valence-corrected chi connectivity index (χ3v) is 0.524. The summed E-state index contributed by atoms with van der Waals surface area (Å²) in [7, 11) is 0. The topological polar surface area (TPSA) is 57.2 Å². The molecule has 0 amide bonds. The number of Topliss-reactive ketones (excluding diaryl/α,β-unsaturated/α-hetero) is 2. The number of rotatable bonds is 2. The molecule has 0 fully saturated rings. The van der Waals surface area contributed by atoms with E-state index in [4.69, 9.17) is 0 Å². The van der Waals surface area contributed by atoms with Gasteiger partial charge in [0.1, 0.15) is 0 Å². The monoisotopic (exact) mass is 140 g/mol. The predicted octanol–water partition coefficient (Wildman–Crippen LogP) is -4.49. The summed E-state index contributed by atoms with van der Waals surface area (Å²) in [5, 5.41) is 9.50. The number of carbonyl (C=O) groups is 2. The molecule has 0 aromatic rings. The van der Waals surface area contributed by atoms with Crippen LogP contribution < -0.4 is 56.5 Å². The van der Waals surface area contributed by atoms with Crippen molar-refractivity contribution in [2.75, 3.05) is 6.61 Å². The van der Waals surface area contributed by atoms with Crippen LogP contribution in [0.3, 0.4) is 0 Å². The third-order valence-electron chi connectivity index (χ3n) is 0.524. The van der Waals surface area contributed by atoms with E-state index in [1.165, 1.54) is 0 Å². The van der Waals surface area contributed by atoms with Gasteiger partial charge in [-0.3, -0.25) is 9.59 Å². The van der Waals surface area contributed by atoms with E-state index in [-0.39, 0.29) is 51.4 Å². The second-order valence-corrected chi connectivity index (χ2v) is 1.12. The first-order chi connectivity index (χ1) is 3.18. The molecule has 0 aromatic carbocycles. The molecular formula is C4H5KO3. The summed E-state index contributed by atoms with van der Waals surface area (Å²) < 4.78 is 0. The molecule has 0 saturated carbocycles. The van der Waals surface area contributed by atoms with E-state index in [9.17, 15) is 14.7 Å². The smallest absolute Gasteiger partial charge is 0.849 e. The molecule has 0 aliphatic rings. The number of hydrogen-bond donors (Lipinski definition) is 0. The van der Waals surface area contributed by atoms with Crippen LogP contribution in [0.25, 0.3) is 0 Å². The van der Waals surface area contributed by atoms with Crippen molar-refractivity contribution in [2.24, 2.45) is 0 Å². The van der Waals surface area contributed by atoms with Gasteiger partial charge >= 0.3 is 51.4 Å². The van der Waals surface area contributed by atoms with E-state index in [2.05, 4.69) is 0 Å². The Kier molecular flexibility index (Phi) is 8.87. The zero-order chi connectivity index (χ0) is 5.86. The molecule has 0 heterocycles. The van der Waals surface area contributed by atoms with Crippen molar-refractivity contribution in [1.29, 1.82) is 0 Å². The molecule has 0 saturated heterocycles. The van der Waals surface area contributed by atoms with Crippen LogP contribution in [0.1, 0.15) is 6.92 Å². The molecule has 0 radical (unpaired) electrons. The van der Waals surface area contributed by atoms with E-state index in [0.29, 0.717) is 0 Å². The van der Waals surface area contributed by atoms with Crippen LogP contribution in [0.15, 0.2) is 0 Å². The van der Waals surface area contributed by atoms with Gasteiger partial charge in [0.25, 0.3) is 0 Å². The maximum absolute atomic E-state index is 9.85. The maximum Gasteiger partial charge on any atom is 1.00 e. The number of carbonyl (C=O) groups excluding carboxylic acids is 2. The van der Waals surface area contributed by atoms with E-state index in [0.717, 1.165) is 6.92 Å². The summed E-state index contributed by atoms with van der Waals surface area (Å²) in [6.45, 7) is 0.162. The SMILES string of the molecule is CC(=O)C(=O)C[O-].[K+]. The van der Waals surface area contributed by atoms with Gasteiger partial charge in [-0.05, 0) is 0 Å². The largest absolute Gasteiger partial charge is 1.00 e. The van der Waals surface area contributed by atoms with Crippen LogP contribution in [0.4, 0.5) is 0 Å². The summed E-state index contributed by atoms with van der Waals surface area (Å²) in [5.74, 6) is -1.50. The Morgan fingerprint density at radius 2 is 1.88 bits per heavy atom. The van der Waals surface area contributed by atoms with Gasteiger partial charge in [-0.25, -0.2) is 0 Å². The van der Waals surface area contributed by atoms with Gasteiger partial charge in [0.15, 0.2) is 11.6 Å². The quantitative estimate of drug-likeness (QED) is 0.287. The van der Waals surface area contributed by atoms with Gasteiger partial charge in [-0.2, -0.15) is 0 Å². The van der Waals surface area contributed by atoms with Gasteiger partial charge < -0.3 is 5.11 Å². The van der Waals surface area contributed by atoms with Crippen molar-refractivity contribution in [1.82, 2.24) is 0 Å². The van der Waals surface area contributed by atoms with Crippen LogP contribution in [0, 0.1) is 0 Å². The molecule has 0 atom stereocenters. The molecule has 40 valence electrons.